The summed E-state index contributed by atoms with van der Waals surface area (Å²) >= 11 is 5.93. The molecule has 1 atom stereocenters. The second kappa shape index (κ2) is 7.44. The van der Waals surface area contributed by atoms with Gasteiger partial charge in [0.15, 0.2) is 0 Å². The van der Waals surface area contributed by atoms with Crippen molar-refractivity contribution in [3.05, 3.63) is 100 Å². The van der Waals surface area contributed by atoms with E-state index in [1.807, 2.05) is 30.3 Å². The van der Waals surface area contributed by atoms with E-state index in [1.54, 1.807) is 24.3 Å². The van der Waals surface area contributed by atoms with Gasteiger partial charge >= 0.3 is 0 Å². The van der Waals surface area contributed by atoms with Gasteiger partial charge in [0.05, 0.1) is 6.04 Å². The molecular weight excluding hydrogens is 379 g/mol. The first-order chi connectivity index (χ1) is 13.5. The summed E-state index contributed by atoms with van der Waals surface area (Å²) in [6, 6.07) is 19.3. The number of nitrogens with zero attached hydrogens (tertiary/aromatic N) is 1. The zero-order valence-corrected chi connectivity index (χ0v) is 15.5. The van der Waals surface area contributed by atoms with E-state index in [9.17, 15) is 14.0 Å². The first kappa shape index (κ1) is 18.2. The van der Waals surface area contributed by atoms with Crippen molar-refractivity contribution in [1.29, 1.82) is 0 Å². The van der Waals surface area contributed by atoms with Gasteiger partial charge in [-0.05, 0) is 48.0 Å². The van der Waals surface area contributed by atoms with Crippen LogP contribution >= 0.6 is 11.6 Å². The number of hydrogen-bond acceptors (Lipinski definition) is 2. The van der Waals surface area contributed by atoms with Crippen molar-refractivity contribution in [3.8, 4) is 0 Å². The summed E-state index contributed by atoms with van der Waals surface area (Å²) in [5, 5.41) is 3.29. The highest BCUT2D eigenvalue weighted by atomic mass is 35.5. The van der Waals surface area contributed by atoms with Crippen LogP contribution in [0.5, 0.6) is 0 Å². The maximum absolute atomic E-state index is 14.1. The van der Waals surface area contributed by atoms with Gasteiger partial charge in [0.2, 0.25) is 5.91 Å². The molecule has 0 aliphatic carbocycles. The maximum Gasteiger partial charge on any atom is 0.255 e. The Morgan fingerprint density at radius 3 is 2.46 bits per heavy atom. The first-order valence-corrected chi connectivity index (χ1v) is 9.11. The van der Waals surface area contributed by atoms with Crippen molar-refractivity contribution in [2.45, 2.75) is 6.04 Å². The van der Waals surface area contributed by atoms with E-state index < -0.39 is 11.9 Å². The average molecular weight is 395 g/mol. The summed E-state index contributed by atoms with van der Waals surface area (Å²) in [4.78, 5) is 27.2. The predicted molar refractivity (Wildman–Crippen MR) is 106 cm³/mol. The molecule has 0 saturated heterocycles. The van der Waals surface area contributed by atoms with Gasteiger partial charge in [-0.3, -0.25) is 9.59 Å². The van der Waals surface area contributed by atoms with Gasteiger partial charge in [0.1, 0.15) is 12.4 Å². The Bertz CT molecular complexity index is 1040. The molecule has 3 aromatic carbocycles. The Hall–Kier alpha value is -3.18. The molecule has 0 bridgehead atoms. The van der Waals surface area contributed by atoms with Crippen LogP contribution in [0, 0.1) is 5.82 Å². The van der Waals surface area contributed by atoms with E-state index in [1.165, 1.54) is 23.1 Å². The molecule has 3 aromatic rings. The lowest BCUT2D eigenvalue weighted by molar-refractivity contribution is -0.117. The van der Waals surface area contributed by atoms with Crippen LogP contribution in [0.1, 0.15) is 27.5 Å². The van der Waals surface area contributed by atoms with Crippen molar-refractivity contribution in [3.63, 3.8) is 0 Å². The summed E-state index contributed by atoms with van der Waals surface area (Å²) in [7, 11) is 0. The molecule has 0 spiro atoms. The highest BCUT2D eigenvalue weighted by Crippen LogP contribution is 2.37. The third-order valence-corrected chi connectivity index (χ3v) is 4.93. The second-order valence-electron chi connectivity index (χ2n) is 6.53. The van der Waals surface area contributed by atoms with E-state index in [2.05, 4.69) is 5.32 Å². The standard InChI is InChI=1S/C22H16ClFN2O2/c23-16-8-6-15(7-9-16)22(28)26-13-20(27)25-19-11-10-17(24)12-18(19)21(26)14-4-2-1-3-5-14/h1-12,21H,13H2,(H,25,27). The molecule has 4 rings (SSSR count). The molecular formula is C22H16ClFN2O2. The molecule has 1 N–H and O–H groups in total. The number of halogens is 2. The van der Waals surface area contributed by atoms with Gasteiger partial charge in [0.25, 0.3) is 5.91 Å². The van der Waals surface area contributed by atoms with Crippen molar-refractivity contribution in [1.82, 2.24) is 4.90 Å². The lowest BCUT2D eigenvalue weighted by Crippen LogP contribution is -2.39. The number of anilines is 1. The van der Waals surface area contributed by atoms with Gasteiger partial charge in [-0.1, -0.05) is 41.9 Å². The number of amides is 2. The molecule has 1 aliphatic rings. The molecule has 6 heteroatoms. The molecule has 2 amide bonds. The highest BCUT2D eigenvalue weighted by Gasteiger charge is 2.34. The SMILES string of the molecule is O=C1CN(C(=O)c2ccc(Cl)cc2)C(c2ccccc2)c2cc(F)ccc2N1. The van der Waals surface area contributed by atoms with Gasteiger partial charge in [-0.2, -0.15) is 0 Å². The lowest BCUT2D eigenvalue weighted by Gasteiger charge is -2.30. The van der Waals surface area contributed by atoms with Crippen molar-refractivity contribution in [2.75, 3.05) is 11.9 Å². The molecule has 1 aliphatic heterocycles. The largest absolute Gasteiger partial charge is 0.324 e. The van der Waals surface area contributed by atoms with Crippen LogP contribution in [0.3, 0.4) is 0 Å². The number of benzene rings is 3. The topological polar surface area (TPSA) is 49.4 Å². The second-order valence-corrected chi connectivity index (χ2v) is 6.97. The number of carbonyl (C=O) groups excluding carboxylic acids is 2. The van der Waals surface area contributed by atoms with Crippen molar-refractivity contribution in [2.24, 2.45) is 0 Å². The molecule has 140 valence electrons. The lowest BCUT2D eigenvalue weighted by atomic mass is 9.95. The first-order valence-electron chi connectivity index (χ1n) is 8.74. The number of carbonyl (C=O) groups is 2. The van der Waals surface area contributed by atoms with Gasteiger partial charge < -0.3 is 10.2 Å². The number of hydrogen-bond donors (Lipinski definition) is 1. The normalized spacial score (nSPS) is 16.1. The Kier molecular flexibility index (Phi) is 4.84. The Balaban J connectivity index is 1.88. The van der Waals surface area contributed by atoms with E-state index in [4.69, 9.17) is 11.6 Å². The summed E-state index contributed by atoms with van der Waals surface area (Å²) in [6.45, 7) is -0.155. The molecule has 0 aromatic heterocycles. The summed E-state index contributed by atoms with van der Waals surface area (Å²) in [5.74, 6) is -1.11. The summed E-state index contributed by atoms with van der Waals surface area (Å²) < 4.78 is 14.1. The minimum atomic E-state index is -0.617. The van der Waals surface area contributed by atoms with Gasteiger partial charge in [0, 0.05) is 21.8 Å². The average Bonchev–Trinajstić information content (AvgIpc) is 2.84. The zero-order valence-electron chi connectivity index (χ0n) is 14.7. The summed E-state index contributed by atoms with van der Waals surface area (Å²) in [6.07, 6.45) is 0. The molecule has 1 heterocycles. The van der Waals surface area contributed by atoms with E-state index in [-0.39, 0.29) is 18.4 Å². The minimum Gasteiger partial charge on any atom is -0.324 e. The van der Waals surface area contributed by atoms with Crippen LogP contribution in [-0.4, -0.2) is 23.3 Å². The number of rotatable bonds is 2. The van der Waals surface area contributed by atoms with E-state index >= 15 is 0 Å². The molecule has 1 unspecified atom stereocenters. The fourth-order valence-electron chi connectivity index (χ4n) is 3.42. The Morgan fingerprint density at radius 2 is 1.75 bits per heavy atom. The maximum atomic E-state index is 14.1. The molecule has 0 saturated carbocycles. The number of fused-ring (bicyclic) bond motifs is 1. The smallest absolute Gasteiger partial charge is 0.255 e. The quantitative estimate of drug-likeness (QED) is 0.687. The van der Waals surface area contributed by atoms with Crippen LogP contribution in [0.4, 0.5) is 10.1 Å². The Morgan fingerprint density at radius 1 is 1.04 bits per heavy atom. The van der Waals surface area contributed by atoms with Crippen LogP contribution in [0.15, 0.2) is 72.8 Å². The highest BCUT2D eigenvalue weighted by molar-refractivity contribution is 6.30. The van der Waals surface area contributed by atoms with Crippen molar-refractivity contribution < 1.29 is 14.0 Å². The zero-order chi connectivity index (χ0) is 19.7. The third kappa shape index (κ3) is 3.49. The van der Waals surface area contributed by atoms with Gasteiger partial charge in [-0.25, -0.2) is 4.39 Å². The van der Waals surface area contributed by atoms with Crippen LogP contribution in [-0.2, 0) is 4.79 Å². The van der Waals surface area contributed by atoms with E-state index in [0.29, 0.717) is 21.8 Å². The Labute approximate surface area is 166 Å². The molecule has 28 heavy (non-hydrogen) atoms. The third-order valence-electron chi connectivity index (χ3n) is 4.68. The molecule has 0 radical (unpaired) electrons. The molecule has 4 nitrogen and oxygen atoms in total. The van der Waals surface area contributed by atoms with Crippen LogP contribution in [0.2, 0.25) is 5.02 Å². The predicted octanol–water partition coefficient (Wildman–Crippen LogP) is 4.66. The fraction of sp³-hybridized carbons (Fsp3) is 0.0909. The fourth-order valence-corrected chi connectivity index (χ4v) is 3.55. The van der Waals surface area contributed by atoms with E-state index in [0.717, 1.165) is 5.56 Å². The van der Waals surface area contributed by atoms with Crippen LogP contribution < -0.4 is 5.32 Å². The monoisotopic (exact) mass is 394 g/mol. The van der Waals surface area contributed by atoms with Gasteiger partial charge in [-0.15, -0.1) is 0 Å². The minimum absolute atomic E-state index is 0.155. The number of nitrogens with one attached hydrogen (secondary N) is 1. The van der Waals surface area contributed by atoms with Crippen LogP contribution in [0.25, 0.3) is 0 Å². The summed E-state index contributed by atoms with van der Waals surface area (Å²) in [5.41, 5.74) is 2.21. The van der Waals surface area contributed by atoms with Crippen molar-refractivity contribution >= 4 is 29.1 Å². The molecule has 0 fully saturated rings.